The first kappa shape index (κ1) is 16.3. The molecule has 1 aliphatic carbocycles. The van der Waals surface area contributed by atoms with Gasteiger partial charge >= 0.3 is 0 Å². The molecule has 0 spiro atoms. The van der Waals surface area contributed by atoms with Gasteiger partial charge in [0.1, 0.15) is 5.60 Å². The van der Waals surface area contributed by atoms with Crippen molar-refractivity contribution in [3.8, 4) is 0 Å². The van der Waals surface area contributed by atoms with E-state index in [4.69, 9.17) is 0 Å². The lowest BCUT2D eigenvalue weighted by atomic mass is 9.67. The summed E-state index contributed by atoms with van der Waals surface area (Å²) in [7, 11) is 0. The maximum absolute atomic E-state index is 13.0. The fourth-order valence-electron chi connectivity index (χ4n) is 4.62. The number of amides is 1. The molecule has 4 rings (SSSR count). The van der Waals surface area contributed by atoms with E-state index in [-0.39, 0.29) is 17.9 Å². The first-order valence-corrected chi connectivity index (χ1v) is 9.20. The van der Waals surface area contributed by atoms with E-state index in [1.165, 1.54) is 0 Å². The van der Waals surface area contributed by atoms with Crippen LogP contribution in [0.2, 0.25) is 0 Å². The molecule has 1 aromatic heterocycles. The number of benzene rings is 1. The minimum Gasteiger partial charge on any atom is -0.383 e. The SMILES string of the molecule is O=C(c1ccccc1)N1CC[C@@](O)(c2ccccn2)[C@H]2CCCCC21. The van der Waals surface area contributed by atoms with Crippen LogP contribution in [0, 0.1) is 5.92 Å². The topological polar surface area (TPSA) is 53.4 Å². The van der Waals surface area contributed by atoms with Gasteiger partial charge in [-0.05, 0) is 43.5 Å². The lowest BCUT2D eigenvalue weighted by molar-refractivity contribution is -0.113. The number of nitrogens with zero attached hydrogens (tertiary/aromatic N) is 2. The average Bonchev–Trinajstić information content (AvgIpc) is 2.69. The second-order valence-electron chi connectivity index (χ2n) is 7.21. The van der Waals surface area contributed by atoms with E-state index >= 15 is 0 Å². The van der Waals surface area contributed by atoms with E-state index in [9.17, 15) is 9.90 Å². The molecule has 1 saturated carbocycles. The van der Waals surface area contributed by atoms with Crippen molar-refractivity contribution in [2.45, 2.75) is 43.7 Å². The van der Waals surface area contributed by atoms with E-state index in [0.717, 1.165) is 36.9 Å². The molecule has 4 nitrogen and oxygen atoms in total. The average molecular weight is 336 g/mol. The molecule has 0 bridgehead atoms. The smallest absolute Gasteiger partial charge is 0.254 e. The minimum absolute atomic E-state index is 0.0533. The molecule has 1 saturated heterocycles. The number of hydrogen-bond acceptors (Lipinski definition) is 3. The Labute approximate surface area is 148 Å². The van der Waals surface area contributed by atoms with E-state index in [1.54, 1.807) is 6.20 Å². The monoisotopic (exact) mass is 336 g/mol. The summed E-state index contributed by atoms with van der Waals surface area (Å²) < 4.78 is 0. The first-order chi connectivity index (χ1) is 12.2. The molecule has 4 heteroatoms. The largest absolute Gasteiger partial charge is 0.383 e. The van der Waals surface area contributed by atoms with Crippen LogP contribution in [0.5, 0.6) is 0 Å². The maximum atomic E-state index is 13.0. The van der Waals surface area contributed by atoms with Crippen LogP contribution in [0.4, 0.5) is 0 Å². The van der Waals surface area contributed by atoms with Crippen molar-refractivity contribution < 1.29 is 9.90 Å². The Kier molecular flexibility index (Phi) is 4.30. The summed E-state index contributed by atoms with van der Waals surface area (Å²) in [5.74, 6) is 0.137. The predicted molar refractivity (Wildman–Crippen MR) is 96.0 cm³/mol. The van der Waals surface area contributed by atoms with E-state index < -0.39 is 5.60 Å². The van der Waals surface area contributed by atoms with Crippen molar-refractivity contribution in [1.82, 2.24) is 9.88 Å². The molecule has 0 radical (unpaired) electrons. The Hall–Kier alpha value is -2.20. The second kappa shape index (κ2) is 6.60. The van der Waals surface area contributed by atoms with Crippen molar-refractivity contribution in [3.63, 3.8) is 0 Å². The zero-order valence-electron chi connectivity index (χ0n) is 14.3. The molecule has 25 heavy (non-hydrogen) atoms. The van der Waals surface area contributed by atoms with Crippen LogP contribution in [0.1, 0.15) is 48.2 Å². The zero-order chi connectivity index (χ0) is 17.3. The Morgan fingerprint density at radius 3 is 2.60 bits per heavy atom. The molecular weight excluding hydrogens is 312 g/mol. The van der Waals surface area contributed by atoms with Crippen molar-refractivity contribution in [2.75, 3.05) is 6.54 Å². The molecule has 2 fully saturated rings. The third-order valence-corrected chi connectivity index (χ3v) is 5.87. The highest BCUT2D eigenvalue weighted by Gasteiger charge is 2.51. The van der Waals surface area contributed by atoms with Gasteiger partial charge in [0, 0.05) is 30.3 Å². The van der Waals surface area contributed by atoms with Crippen LogP contribution < -0.4 is 0 Å². The number of fused-ring (bicyclic) bond motifs is 1. The standard InChI is InChI=1S/C21H24N2O2/c24-20(16-8-2-1-3-9-16)23-15-13-21(25,19-12-6-7-14-22-19)17-10-4-5-11-18(17)23/h1-3,6-9,12,14,17-18,25H,4-5,10-11,13,15H2/t17-,18?,21-/m0/s1. The first-order valence-electron chi connectivity index (χ1n) is 9.20. The predicted octanol–water partition coefficient (Wildman–Crippen LogP) is 3.37. The summed E-state index contributed by atoms with van der Waals surface area (Å²) in [4.78, 5) is 19.5. The van der Waals surface area contributed by atoms with Crippen LogP contribution in [-0.2, 0) is 5.60 Å². The van der Waals surface area contributed by atoms with Gasteiger partial charge in [-0.3, -0.25) is 9.78 Å². The highest BCUT2D eigenvalue weighted by Crippen LogP contribution is 2.46. The molecule has 1 N–H and O–H groups in total. The van der Waals surface area contributed by atoms with Crippen molar-refractivity contribution in [2.24, 2.45) is 5.92 Å². The van der Waals surface area contributed by atoms with Gasteiger partial charge in [-0.2, -0.15) is 0 Å². The van der Waals surface area contributed by atoms with Crippen LogP contribution in [0.15, 0.2) is 54.7 Å². The van der Waals surface area contributed by atoms with E-state index in [0.29, 0.717) is 13.0 Å². The number of aromatic nitrogens is 1. The van der Waals surface area contributed by atoms with E-state index in [2.05, 4.69) is 4.98 Å². The van der Waals surface area contributed by atoms with Crippen LogP contribution in [0.3, 0.4) is 0 Å². The zero-order valence-corrected chi connectivity index (χ0v) is 14.3. The number of pyridine rings is 1. The fraction of sp³-hybridized carbons (Fsp3) is 0.429. The Morgan fingerprint density at radius 2 is 1.84 bits per heavy atom. The molecule has 2 aromatic rings. The lowest BCUT2D eigenvalue weighted by Crippen LogP contribution is -2.59. The van der Waals surface area contributed by atoms with Crippen LogP contribution in [-0.4, -0.2) is 33.5 Å². The van der Waals surface area contributed by atoms with Crippen molar-refractivity contribution in [1.29, 1.82) is 0 Å². The quantitative estimate of drug-likeness (QED) is 0.915. The van der Waals surface area contributed by atoms with Gasteiger partial charge in [0.25, 0.3) is 5.91 Å². The summed E-state index contributed by atoms with van der Waals surface area (Å²) in [6, 6.07) is 15.3. The Balaban J connectivity index is 1.66. The number of piperidine rings is 1. The summed E-state index contributed by atoms with van der Waals surface area (Å²) in [5.41, 5.74) is 0.550. The summed E-state index contributed by atoms with van der Waals surface area (Å²) >= 11 is 0. The Morgan fingerprint density at radius 1 is 1.08 bits per heavy atom. The molecule has 1 unspecified atom stereocenters. The summed E-state index contributed by atoms with van der Waals surface area (Å²) in [6.45, 7) is 0.571. The molecule has 1 aliphatic heterocycles. The van der Waals surface area contributed by atoms with E-state index in [1.807, 2.05) is 53.4 Å². The number of rotatable bonds is 2. The fourth-order valence-corrected chi connectivity index (χ4v) is 4.62. The van der Waals surface area contributed by atoms with Gasteiger partial charge in [-0.15, -0.1) is 0 Å². The molecular formula is C21H24N2O2. The molecule has 2 aliphatic rings. The normalized spacial score (nSPS) is 29.1. The molecule has 2 heterocycles. The van der Waals surface area contributed by atoms with Crippen molar-refractivity contribution in [3.05, 3.63) is 66.0 Å². The second-order valence-corrected chi connectivity index (χ2v) is 7.21. The van der Waals surface area contributed by atoms with Crippen LogP contribution >= 0.6 is 0 Å². The van der Waals surface area contributed by atoms with Gasteiger partial charge < -0.3 is 10.0 Å². The minimum atomic E-state index is -0.931. The van der Waals surface area contributed by atoms with Crippen molar-refractivity contribution >= 4 is 5.91 Å². The highest BCUT2D eigenvalue weighted by atomic mass is 16.3. The number of likely N-dealkylation sites (tertiary alicyclic amines) is 1. The number of aliphatic hydroxyl groups is 1. The third-order valence-electron chi connectivity index (χ3n) is 5.87. The summed E-state index contributed by atoms with van der Waals surface area (Å²) in [5, 5.41) is 11.5. The highest BCUT2D eigenvalue weighted by molar-refractivity contribution is 5.94. The van der Waals surface area contributed by atoms with Gasteiger partial charge in [0.2, 0.25) is 0 Å². The van der Waals surface area contributed by atoms with Gasteiger partial charge in [-0.1, -0.05) is 37.1 Å². The molecule has 1 amide bonds. The number of hydrogen-bond donors (Lipinski definition) is 1. The molecule has 3 atom stereocenters. The number of carbonyl (C=O) groups excluding carboxylic acids is 1. The van der Waals surface area contributed by atoms with Gasteiger partial charge in [-0.25, -0.2) is 0 Å². The third kappa shape index (κ3) is 2.85. The number of carbonyl (C=O) groups is 1. The van der Waals surface area contributed by atoms with Gasteiger partial charge in [0.05, 0.1) is 5.69 Å². The maximum Gasteiger partial charge on any atom is 0.254 e. The van der Waals surface area contributed by atoms with Crippen LogP contribution in [0.25, 0.3) is 0 Å². The van der Waals surface area contributed by atoms with Gasteiger partial charge in [0.15, 0.2) is 0 Å². The lowest BCUT2D eigenvalue weighted by Gasteiger charge is -2.52. The Bertz CT molecular complexity index is 734. The summed E-state index contributed by atoms with van der Waals surface area (Å²) in [6.07, 6.45) is 6.40. The molecule has 130 valence electrons. The molecule has 1 aromatic carbocycles.